The summed E-state index contributed by atoms with van der Waals surface area (Å²) < 4.78 is 5.27. The number of furan rings is 1. The number of aliphatic hydroxyl groups is 2. The maximum Gasteiger partial charge on any atom is 0.191 e. The predicted octanol–water partition coefficient (Wildman–Crippen LogP) is 2.44. The second-order valence-corrected chi connectivity index (χ2v) is 6.12. The molecule has 144 valence electrons. The largest absolute Gasteiger partial charge is 0.466 e. The van der Waals surface area contributed by atoms with Gasteiger partial charge in [-0.1, -0.05) is 30.3 Å². The number of hydrogen-bond acceptors (Lipinski definition) is 4. The average Bonchev–Trinajstić information content (AvgIpc) is 3.17. The number of hydrogen-bond donors (Lipinski definition) is 4. The minimum absolute atomic E-state index is 0. The van der Waals surface area contributed by atoms with Crippen LogP contribution in [0.25, 0.3) is 0 Å². The maximum atomic E-state index is 10.5. The number of aliphatic imine (C=N–C) groups is 1. The monoisotopic (exact) mass is 473 g/mol. The molecular formula is C19H28IN3O3. The van der Waals surface area contributed by atoms with E-state index >= 15 is 0 Å². The molecular weight excluding hydrogens is 445 g/mol. The van der Waals surface area contributed by atoms with Crippen LogP contribution in [0, 0.1) is 0 Å². The third kappa shape index (κ3) is 6.62. The smallest absolute Gasteiger partial charge is 0.191 e. The fourth-order valence-corrected chi connectivity index (χ4v) is 2.47. The predicted molar refractivity (Wildman–Crippen MR) is 114 cm³/mol. The van der Waals surface area contributed by atoms with Crippen LogP contribution in [-0.2, 0) is 5.60 Å². The number of nitrogens with zero attached hydrogens (tertiary/aromatic N) is 1. The fourth-order valence-electron chi connectivity index (χ4n) is 2.47. The molecule has 2 unspecified atom stereocenters. The molecule has 0 bridgehead atoms. The van der Waals surface area contributed by atoms with Crippen molar-refractivity contribution < 1.29 is 14.6 Å². The molecule has 0 saturated carbocycles. The van der Waals surface area contributed by atoms with Crippen molar-refractivity contribution in [1.82, 2.24) is 10.6 Å². The highest BCUT2D eigenvalue weighted by molar-refractivity contribution is 14.0. The Hall–Kier alpha value is -1.58. The van der Waals surface area contributed by atoms with Gasteiger partial charge in [-0.25, -0.2) is 4.99 Å². The summed E-state index contributed by atoms with van der Waals surface area (Å²) in [6.45, 7) is 5.08. The van der Waals surface area contributed by atoms with Gasteiger partial charge in [0.05, 0.1) is 19.4 Å². The van der Waals surface area contributed by atoms with Gasteiger partial charge in [-0.05, 0) is 31.5 Å². The van der Waals surface area contributed by atoms with Gasteiger partial charge in [0.1, 0.15) is 11.4 Å². The molecule has 4 N–H and O–H groups in total. The summed E-state index contributed by atoms with van der Waals surface area (Å²) in [5.41, 5.74) is -0.113. The van der Waals surface area contributed by atoms with Gasteiger partial charge in [-0.3, -0.25) is 0 Å². The van der Waals surface area contributed by atoms with Gasteiger partial charge >= 0.3 is 0 Å². The third-order valence-electron chi connectivity index (χ3n) is 3.95. The Morgan fingerprint density at radius 3 is 2.50 bits per heavy atom. The standard InChI is InChI=1S/C19H27N3O3.HI/c1-3-20-18(22-14-19(2,24)17-10-7-11-25-17)21-12-16(13-23)15-8-5-4-6-9-15;/h4-11,16,23-24H,3,12-14H2,1-2H3,(H2,20,21,22);1H. The molecule has 1 aromatic carbocycles. The van der Waals surface area contributed by atoms with Crippen molar-refractivity contribution >= 4 is 29.9 Å². The van der Waals surface area contributed by atoms with E-state index < -0.39 is 5.60 Å². The van der Waals surface area contributed by atoms with Crippen LogP contribution in [-0.4, -0.2) is 42.4 Å². The molecule has 0 amide bonds. The first-order chi connectivity index (χ1) is 12.1. The summed E-state index contributed by atoms with van der Waals surface area (Å²) in [4.78, 5) is 4.44. The minimum atomic E-state index is -1.18. The minimum Gasteiger partial charge on any atom is -0.466 e. The van der Waals surface area contributed by atoms with E-state index in [1.54, 1.807) is 19.1 Å². The van der Waals surface area contributed by atoms with Crippen molar-refractivity contribution in [3.05, 3.63) is 60.1 Å². The zero-order valence-electron chi connectivity index (χ0n) is 15.2. The number of nitrogens with one attached hydrogen (secondary N) is 2. The first-order valence-corrected chi connectivity index (χ1v) is 8.51. The van der Waals surface area contributed by atoms with Crippen LogP contribution in [0.2, 0.25) is 0 Å². The summed E-state index contributed by atoms with van der Waals surface area (Å²) in [6, 6.07) is 13.3. The van der Waals surface area contributed by atoms with Gasteiger partial charge in [0.25, 0.3) is 0 Å². The highest BCUT2D eigenvalue weighted by Gasteiger charge is 2.26. The van der Waals surface area contributed by atoms with Crippen LogP contribution in [0.15, 0.2) is 58.1 Å². The number of halogens is 1. The quantitative estimate of drug-likeness (QED) is 0.269. The van der Waals surface area contributed by atoms with Crippen LogP contribution in [0.3, 0.4) is 0 Å². The van der Waals surface area contributed by atoms with E-state index in [0.29, 0.717) is 24.8 Å². The second kappa shape index (κ2) is 11.2. The van der Waals surface area contributed by atoms with Crippen molar-refractivity contribution in [2.45, 2.75) is 25.4 Å². The summed E-state index contributed by atoms with van der Waals surface area (Å²) in [6.07, 6.45) is 1.53. The molecule has 0 radical (unpaired) electrons. The lowest BCUT2D eigenvalue weighted by molar-refractivity contribution is 0.0437. The van der Waals surface area contributed by atoms with E-state index in [4.69, 9.17) is 4.42 Å². The molecule has 1 aromatic heterocycles. The number of rotatable bonds is 8. The lowest BCUT2D eigenvalue weighted by atomic mass is 10.0. The normalized spacial score (nSPS) is 14.8. The molecule has 1 heterocycles. The molecule has 7 heteroatoms. The van der Waals surface area contributed by atoms with Crippen molar-refractivity contribution in [2.24, 2.45) is 4.99 Å². The first kappa shape index (κ1) is 22.5. The van der Waals surface area contributed by atoms with Crippen molar-refractivity contribution in [1.29, 1.82) is 0 Å². The maximum absolute atomic E-state index is 10.5. The molecule has 2 atom stereocenters. The van der Waals surface area contributed by atoms with E-state index in [9.17, 15) is 10.2 Å². The van der Waals surface area contributed by atoms with E-state index in [2.05, 4.69) is 15.6 Å². The lowest BCUT2D eigenvalue weighted by Gasteiger charge is -2.21. The van der Waals surface area contributed by atoms with Crippen LogP contribution >= 0.6 is 24.0 Å². The molecule has 2 aromatic rings. The Balaban J connectivity index is 0.00000338. The molecule has 0 fully saturated rings. The molecule has 0 saturated heterocycles. The van der Waals surface area contributed by atoms with Crippen LogP contribution in [0.1, 0.15) is 31.1 Å². The molecule has 26 heavy (non-hydrogen) atoms. The van der Waals surface area contributed by atoms with Crippen molar-refractivity contribution in [3.63, 3.8) is 0 Å². The first-order valence-electron chi connectivity index (χ1n) is 8.51. The topological polar surface area (TPSA) is 90.0 Å². The van der Waals surface area contributed by atoms with Gasteiger partial charge in [0, 0.05) is 19.0 Å². The Kier molecular flexibility index (Phi) is 9.68. The Morgan fingerprint density at radius 1 is 1.19 bits per heavy atom. The molecule has 0 aliphatic rings. The third-order valence-corrected chi connectivity index (χ3v) is 3.95. The van der Waals surface area contributed by atoms with E-state index in [0.717, 1.165) is 5.56 Å². The van der Waals surface area contributed by atoms with Crippen molar-refractivity contribution in [2.75, 3.05) is 26.2 Å². The molecule has 0 spiro atoms. The van der Waals surface area contributed by atoms with Gasteiger partial charge in [-0.15, -0.1) is 24.0 Å². The summed E-state index contributed by atoms with van der Waals surface area (Å²) >= 11 is 0. The summed E-state index contributed by atoms with van der Waals surface area (Å²) in [5, 5.41) is 26.5. The fraction of sp³-hybridized carbons (Fsp3) is 0.421. The Labute approximate surface area is 171 Å². The molecule has 6 nitrogen and oxygen atoms in total. The zero-order valence-corrected chi connectivity index (χ0v) is 17.5. The highest BCUT2D eigenvalue weighted by atomic mass is 127. The number of guanidine groups is 1. The number of benzene rings is 1. The van der Waals surface area contributed by atoms with E-state index in [-0.39, 0.29) is 43.0 Å². The second-order valence-electron chi connectivity index (χ2n) is 6.12. The Morgan fingerprint density at radius 2 is 1.92 bits per heavy atom. The SMILES string of the molecule is CCNC(=NCC(C)(O)c1ccco1)NCC(CO)c1ccccc1.I. The summed E-state index contributed by atoms with van der Waals surface area (Å²) in [5.74, 6) is 1.03. The van der Waals surface area contributed by atoms with Gasteiger partial charge in [0.2, 0.25) is 0 Å². The zero-order chi connectivity index (χ0) is 18.1. The van der Waals surface area contributed by atoms with E-state index in [1.807, 2.05) is 37.3 Å². The van der Waals surface area contributed by atoms with E-state index in [1.165, 1.54) is 6.26 Å². The number of aliphatic hydroxyl groups excluding tert-OH is 1. The molecule has 2 rings (SSSR count). The average molecular weight is 473 g/mol. The van der Waals surface area contributed by atoms with Crippen LogP contribution in [0.4, 0.5) is 0 Å². The lowest BCUT2D eigenvalue weighted by Crippen LogP contribution is -2.41. The van der Waals surface area contributed by atoms with Gasteiger partial charge in [-0.2, -0.15) is 0 Å². The van der Waals surface area contributed by atoms with Crippen LogP contribution < -0.4 is 10.6 Å². The molecule has 0 aliphatic carbocycles. The van der Waals surface area contributed by atoms with Gasteiger partial charge in [0.15, 0.2) is 5.96 Å². The Bertz CT molecular complexity index is 645. The van der Waals surface area contributed by atoms with Crippen molar-refractivity contribution in [3.8, 4) is 0 Å². The van der Waals surface area contributed by atoms with Crippen LogP contribution in [0.5, 0.6) is 0 Å². The molecule has 0 aliphatic heterocycles. The highest BCUT2D eigenvalue weighted by Crippen LogP contribution is 2.21. The summed E-state index contributed by atoms with van der Waals surface area (Å²) in [7, 11) is 0. The van der Waals surface area contributed by atoms with Gasteiger partial charge < -0.3 is 25.3 Å².